The lowest BCUT2D eigenvalue weighted by Gasteiger charge is -2.44. The van der Waals surface area contributed by atoms with Crippen molar-refractivity contribution in [1.82, 2.24) is 0 Å². The molecule has 4 unspecified atom stereocenters. The monoisotopic (exact) mass is 181 g/mol. The third-order valence-corrected chi connectivity index (χ3v) is 4.48. The number of rotatable bonds is 1. The van der Waals surface area contributed by atoms with Gasteiger partial charge in [0.25, 0.3) is 0 Å². The van der Waals surface area contributed by atoms with Crippen LogP contribution in [0.5, 0.6) is 0 Å². The largest absolute Gasteiger partial charge is 0.481 e. The van der Waals surface area contributed by atoms with Crippen LogP contribution in [0.4, 0.5) is 0 Å². The quantitative estimate of drug-likeness (QED) is 0.625. The van der Waals surface area contributed by atoms with Crippen LogP contribution in [0.2, 0.25) is 0 Å². The van der Waals surface area contributed by atoms with Crippen molar-refractivity contribution >= 4 is 5.97 Å². The van der Waals surface area contributed by atoms with Crippen LogP contribution in [-0.4, -0.2) is 17.1 Å². The van der Waals surface area contributed by atoms with Crippen LogP contribution >= 0.6 is 0 Å². The van der Waals surface area contributed by atoms with Crippen molar-refractivity contribution in [3.05, 3.63) is 0 Å². The van der Waals surface area contributed by atoms with Gasteiger partial charge in [0, 0.05) is 6.04 Å². The zero-order valence-corrected chi connectivity index (χ0v) is 7.52. The van der Waals surface area contributed by atoms with E-state index < -0.39 is 5.97 Å². The van der Waals surface area contributed by atoms with E-state index in [1.54, 1.807) is 0 Å². The zero-order valence-electron chi connectivity index (χ0n) is 7.52. The van der Waals surface area contributed by atoms with Crippen LogP contribution in [0.15, 0.2) is 0 Å². The van der Waals surface area contributed by atoms with Crippen molar-refractivity contribution in [2.45, 2.75) is 25.3 Å². The lowest BCUT2D eigenvalue weighted by atomic mass is 9.62. The summed E-state index contributed by atoms with van der Waals surface area (Å²) in [5, 5.41) is 9.09. The van der Waals surface area contributed by atoms with Crippen molar-refractivity contribution in [3.8, 4) is 0 Å². The fourth-order valence-electron chi connectivity index (χ4n) is 3.86. The minimum absolute atomic E-state index is 0.0556. The Bertz CT molecular complexity index is 266. The second-order valence-corrected chi connectivity index (χ2v) is 4.91. The summed E-state index contributed by atoms with van der Waals surface area (Å²) in [6.07, 6.45) is 3.54. The van der Waals surface area contributed by atoms with Gasteiger partial charge < -0.3 is 10.8 Å². The first kappa shape index (κ1) is 7.80. The molecule has 3 heteroatoms. The van der Waals surface area contributed by atoms with Gasteiger partial charge in [-0.1, -0.05) is 0 Å². The molecule has 0 radical (unpaired) electrons. The number of fused-ring (bicyclic) bond motifs is 2. The molecule has 4 rings (SSSR count). The first-order chi connectivity index (χ1) is 6.20. The number of aliphatic carboxylic acids is 1. The molecule has 3 nitrogen and oxygen atoms in total. The summed E-state index contributed by atoms with van der Waals surface area (Å²) in [5.41, 5.74) is 6.00. The maximum absolute atomic E-state index is 11.0. The van der Waals surface area contributed by atoms with Crippen molar-refractivity contribution in [2.24, 2.45) is 35.3 Å². The van der Waals surface area contributed by atoms with E-state index in [4.69, 9.17) is 10.8 Å². The Labute approximate surface area is 77.3 Å². The van der Waals surface area contributed by atoms with Gasteiger partial charge in [-0.2, -0.15) is 0 Å². The van der Waals surface area contributed by atoms with E-state index in [2.05, 4.69) is 0 Å². The van der Waals surface area contributed by atoms with E-state index in [9.17, 15) is 4.79 Å². The number of carboxylic acids is 1. The summed E-state index contributed by atoms with van der Waals surface area (Å²) in [5.74, 6) is 1.55. The second-order valence-electron chi connectivity index (χ2n) is 4.91. The molecular weight excluding hydrogens is 166 g/mol. The molecule has 72 valence electrons. The first-order valence-electron chi connectivity index (χ1n) is 5.18. The SMILES string of the molecule is N[C@@H]1C2CCC(C3CC32)[C@@H]1C(=O)O. The highest BCUT2D eigenvalue weighted by Gasteiger charge is 2.62. The second kappa shape index (κ2) is 2.27. The predicted octanol–water partition coefficient (Wildman–Crippen LogP) is 0.690. The van der Waals surface area contributed by atoms with Crippen LogP contribution in [-0.2, 0) is 4.79 Å². The van der Waals surface area contributed by atoms with Gasteiger partial charge in [-0.05, 0) is 42.9 Å². The van der Waals surface area contributed by atoms with Gasteiger partial charge in [0.05, 0.1) is 5.92 Å². The van der Waals surface area contributed by atoms with Crippen molar-refractivity contribution in [1.29, 1.82) is 0 Å². The Hall–Kier alpha value is -0.570. The Kier molecular flexibility index (Phi) is 1.36. The zero-order chi connectivity index (χ0) is 9.16. The average molecular weight is 181 g/mol. The highest BCUT2D eigenvalue weighted by Crippen LogP contribution is 2.63. The number of carbonyl (C=O) groups is 1. The molecule has 0 spiro atoms. The molecule has 0 aromatic heterocycles. The third-order valence-electron chi connectivity index (χ3n) is 4.48. The standard InChI is InChI=1S/C10H15NO2/c11-9-5-2-1-4(6-3-7(5)6)8(9)10(12)13/h4-9H,1-3,11H2,(H,12,13)/t4?,5?,6?,7?,8-,9+/m0/s1. The van der Waals surface area contributed by atoms with Gasteiger partial charge in [0.1, 0.15) is 0 Å². The van der Waals surface area contributed by atoms with Gasteiger partial charge in [0.15, 0.2) is 0 Å². The smallest absolute Gasteiger partial charge is 0.308 e. The van der Waals surface area contributed by atoms with Crippen molar-refractivity contribution in [3.63, 3.8) is 0 Å². The molecular formula is C10H15NO2. The van der Waals surface area contributed by atoms with Crippen LogP contribution in [0.1, 0.15) is 19.3 Å². The van der Waals surface area contributed by atoms with Crippen LogP contribution in [0, 0.1) is 29.6 Å². The first-order valence-corrected chi connectivity index (χ1v) is 5.18. The number of hydrogen-bond donors (Lipinski definition) is 2. The summed E-state index contributed by atoms with van der Waals surface area (Å²) in [6.45, 7) is 0. The Morgan fingerprint density at radius 2 is 1.77 bits per heavy atom. The number of carboxylic acid groups (broad SMARTS) is 1. The van der Waals surface area contributed by atoms with E-state index in [0.717, 1.165) is 18.3 Å². The molecule has 3 N–H and O–H groups in total. The van der Waals surface area contributed by atoms with Crippen molar-refractivity contribution in [2.75, 3.05) is 0 Å². The average Bonchev–Trinajstić information content (AvgIpc) is 2.83. The molecule has 0 heterocycles. The van der Waals surface area contributed by atoms with E-state index >= 15 is 0 Å². The summed E-state index contributed by atoms with van der Waals surface area (Å²) in [7, 11) is 0. The molecule has 13 heavy (non-hydrogen) atoms. The van der Waals surface area contributed by atoms with E-state index in [1.807, 2.05) is 0 Å². The summed E-state index contributed by atoms with van der Waals surface area (Å²) >= 11 is 0. The van der Waals surface area contributed by atoms with Crippen LogP contribution in [0.3, 0.4) is 0 Å². The topological polar surface area (TPSA) is 63.3 Å². The van der Waals surface area contributed by atoms with Gasteiger partial charge in [-0.15, -0.1) is 0 Å². The van der Waals surface area contributed by atoms with Gasteiger partial charge in [0.2, 0.25) is 0 Å². The highest BCUT2D eigenvalue weighted by molar-refractivity contribution is 5.72. The molecule has 6 atom stereocenters. The lowest BCUT2D eigenvalue weighted by molar-refractivity contribution is -0.149. The molecule has 0 aromatic rings. The summed E-state index contributed by atoms with van der Waals surface area (Å²) < 4.78 is 0. The molecule has 4 aliphatic carbocycles. The van der Waals surface area contributed by atoms with Crippen LogP contribution in [0.25, 0.3) is 0 Å². The molecule has 0 aromatic carbocycles. The Balaban J connectivity index is 1.93. The minimum Gasteiger partial charge on any atom is -0.481 e. The van der Waals surface area contributed by atoms with Crippen molar-refractivity contribution < 1.29 is 9.90 Å². The molecule has 0 saturated heterocycles. The predicted molar refractivity (Wildman–Crippen MR) is 46.9 cm³/mol. The lowest BCUT2D eigenvalue weighted by Crippen LogP contribution is -2.53. The maximum atomic E-state index is 11.0. The molecule has 4 saturated carbocycles. The molecule has 0 aliphatic heterocycles. The molecule has 2 bridgehead atoms. The highest BCUT2D eigenvalue weighted by atomic mass is 16.4. The summed E-state index contributed by atoms with van der Waals surface area (Å²) in [4.78, 5) is 11.0. The Morgan fingerprint density at radius 3 is 2.46 bits per heavy atom. The van der Waals surface area contributed by atoms with Gasteiger partial charge in [-0.3, -0.25) is 4.79 Å². The normalized spacial score (nSPS) is 57.3. The molecule has 4 fully saturated rings. The third kappa shape index (κ3) is 0.857. The van der Waals surface area contributed by atoms with E-state index in [0.29, 0.717) is 11.8 Å². The van der Waals surface area contributed by atoms with Gasteiger partial charge >= 0.3 is 5.97 Å². The van der Waals surface area contributed by atoms with Crippen LogP contribution < -0.4 is 5.73 Å². The van der Waals surface area contributed by atoms with Gasteiger partial charge in [-0.25, -0.2) is 0 Å². The number of nitrogens with two attached hydrogens (primary N) is 1. The minimum atomic E-state index is -0.660. The maximum Gasteiger partial charge on any atom is 0.308 e. The summed E-state index contributed by atoms with van der Waals surface area (Å²) in [6, 6.07) is -0.0556. The Morgan fingerprint density at radius 1 is 1.15 bits per heavy atom. The fourth-order valence-corrected chi connectivity index (χ4v) is 3.86. The van der Waals surface area contributed by atoms with E-state index in [-0.39, 0.29) is 12.0 Å². The fraction of sp³-hybridized carbons (Fsp3) is 0.900. The van der Waals surface area contributed by atoms with E-state index in [1.165, 1.54) is 12.8 Å². The molecule has 4 aliphatic rings. The number of hydrogen-bond acceptors (Lipinski definition) is 2. The molecule has 0 amide bonds.